The van der Waals surface area contributed by atoms with E-state index in [1.807, 2.05) is 25.1 Å². The number of likely N-dealkylation sites (N-methyl/N-ethyl adjacent to an activating group) is 1. The topological polar surface area (TPSA) is 129 Å². The van der Waals surface area contributed by atoms with Gasteiger partial charge in [0.05, 0.1) is 12.1 Å². The molecule has 1 unspecified atom stereocenters. The summed E-state index contributed by atoms with van der Waals surface area (Å²) in [4.78, 5) is 13.5. The lowest BCUT2D eigenvalue weighted by atomic mass is 10.1. The second-order valence-corrected chi connectivity index (χ2v) is 5.34. The number of nitrogens with two attached hydrogens (primary N) is 1. The summed E-state index contributed by atoms with van der Waals surface area (Å²) < 4.78 is 0.700. The van der Waals surface area contributed by atoms with Gasteiger partial charge in [-0.25, -0.2) is 5.06 Å². The molecule has 1 amide bonds. The zero-order valence-corrected chi connectivity index (χ0v) is 12.9. The van der Waals surface area contributed by atoms with Crippen molar-refractivity contribution in [3.63, 3.8) is 0 Å². The highest BCUT2D eigenvalue weighted by atomic mass is 16.5. The van der Waals surface area contributed by atoms with Gasteiger partial charge in [-0.05, 0) is 31.0 Å². The number of hydrogen-bond acceptors (Lipinski definition) is 7. The van der Waals surface area contributed by atoms with Crippen LogP contribution in [0, 0.1) is 11.3 Å². The fraction of sp³-hybridized carbons (Fsp3) is 0.357. The van der Waals surface area contributed by atoms with Gasteiger partial charge in [-0.1, -0.05) is 6.07 Å². The molecule has 9 heteroatoms. The molecule has 1 aromatic rings. The van der Waals surface area contributed by atoms with Crippen LogP contribution in [0.2, 0.25) is 0 Å². The van der Waals surface area contributed by atoms with Crippen LogP contribution in [0.15, 0.2) is 18.2 Å². The van der Waals surface area contributed by atoms with E-state index in [0.717, 1.165) is 0 Å². The number of amidine groups is 1. The van der Waals surface area contributed by atoms with E-state index in [1.54, 1.807) is 0 Å². The Bertz CT molecular complexity index is 694. The standard InChI is InChI=1S/C14H18N6O3/c1-18(2)7-6-17-14-11(8-15)19(22)10-5-3-4-9(13(16)21)12(10)20(14)23/h3-5,11,22-23H,6-7H2,1-2H3,(H2,16,21)/p+1. The Morgan fingerprint density at radius 3 is 2.83 bits per heavy atom. The molecule has 1 heterocycles. The van der Waals surface area contributed by atoms with Crippen LogP contribution in [0.5, 0.6) is 0 Å². The molecule has 0 aromatic heterocycles. The van der Waals surface area contributed by atoms with Gasteiger partial charge in [-0.15, -0.1) is 0 Å². The van der Waals surface area contributed by atoms with Crippen LogP contribution in [0.25, 0.3) is 0 Å². The first kappa shape index (κ1) is 16.5. The van der Waals surface area contributed by atoms with Gasteiger partial charge < -0.3 is 15.8 Å². The van der Waals surface area contributed by atoms with Crippen LogP contribution in [-0.2, 0) is 0 Å². The number of nitrogens with zero attached hydrogens (tertiary/aromatic N) is 4. The number of nitriles is 1. The third-order valence-corrected chi connectivity index (χ3v) is 3.46. The zero-order valence-electron chi connectivity index (χ0n) is 12.9. The molecule has 9 nitrogen and oxygen atoms in total. The van der Waals surface area contributed by atoms with Gasteiger partial charge in [0.2, 0.25) is 11.7 Å². The monoisotopic (exact) mass is 319 g/mol. The van der Waals surface area contributed by atoms with E-state index >= 15 is 0 Å². The molecule has 0 saturated carbocycles. The summed E-state index contributed by atoms with van der Waals surface area (Å²) in [6, 6.07) is 5.19. The number of rotatable bonds is 4. The largest absolute Gasteiger partial charge is 0.365 e. The van der Waals surface area contributed by atoms with Crippen molar-refractivity contribution < 1.29 is 19.9 Å². The first-order valence-corrected chi connectivity index (χ1v) is 6.93. The van der Waals surface area contributed by atoms with Gasteiger partial charge in [-0.3, -0.25) is 15.3 Å². The van der Waals surface area contributed by atoms with E-state index < -0.39 is 11.9 Å². The molecule has 0 bridgehead atoms. The van der Waals surface area contributed by atoms with Crippen molar-refractivity contribution in [1.29, 1.82) is 5.26 Å². The maximum Gasteiger partial charge on any atom is 0.330 e. The molecule has 0 fully saturated rings. The summed E-state index contributed by atoms with van der Waals surface area (Å²) in [7, 11) is 3.76. The number of amides is 1. The number of primary amides is 1. The highest BCUT2D eigenvalue weighted by Gasteiger charge is 2.41. The molecular weight excluding hydrogens is 300 g/mol. The molecule has 0 saturated heterocycles. The Balaban J connectivity index is 2.52. The van der Waals surface area contributed by atoms with Crippen LogP contribution in [0.1, 0.15) is 10.4 Å². The van der Waals surface area contributed by atoms with E-state index in [-0.39, 0.29) is 22.8 Å². The Morgan fingerprint density at radius 1 is 1.57 bits per heavy atom. The molecule has 0 spiro atoms. The summed E-state index contributed by atoms with van der Waals surface area (Å²) in [6.07, 6.45) is 0. The Hall–Kier alpha value is -2.83. The molecule has 1 atom stereocenters. The number of para-hydroxylation sites is 1. The first-order chi connectivity index (χ1) is 10.9. The summed E-state index contributed by atoms with van der Waals surface area (Å²) in [6.45, 7) is 1.07. The fourth-order valence-corrected chi connectivity index (χ4v) is 2.32. The number of fused-ring (bicyclic) bond motifs is 1. The van der Waals surface area contributed by atoms with Gasteiger partial charge in [0.1, 0.15) is 11.8 Å². The van der Waals surface area contributed by atoms with E-state index in [0.29, 0.717) is 22.9 Å². The average molecular weight is 319 g/mol. The third-order valence-electron chi connectivity index (χ3n) is 3.46. The number of carbonyl (C=O) groups excluding carboxylic acids is 1. The van der Waals surface area contributed by atoms with Crippen molar-refractivity contribution >= 4 is 23.1 Å². The van der Waals surface area contributed by atoms with E-state index in [9.17, 15) is 20.5 Å². The summed E-state index contributed by atoms with van der Waals surface area (Å²) in [5.74, 6) is -0.699. The number of carbonyl (C=O) groups is 1. The Labute approximate surface area is 133 Å². The lowest BCUT2D eigenvalue weighted by Gasteiger charge is -2.28. The number of nitrogens with one attached hydrogen (secondary N) is 1. The average Bonchev–Trinajstić information content (AvgIpc) is 2.51. The second kappa shape index (κ2) is 6.51. The van der Waals surface area contributed by atoms with Gasteiger partial charge in [-0.2, -0.15) is 5.26 Å². The van der Waals surface area contributed by atoms with Gasteiger partial charge in [0, 0.05) is 6.54 Å². The van der Waals surface area contributed by atoms with E-state index in [4.69, 9.17) is 5.73 Å². The smallest absolute Gasteiger partial charge is 0.330 e. The molecule has 0 radical (unpaired) electrons. The highest BCUT2D eigenvalue weighted by molar-refractivity contribution is 6.02. The van der Waals surface area contributed by atoms with Crippen LogP contribution < -0.4 is 16.1 Å². The molecule has 2 rings (SSSR count). The van der Waals surface area contributed by atoms with Crippen LogP contribution in [-0.4, -0.2) is 65.0 Å². The van der Waals surface area contributed by atoms with Crippen molar-refractivity contribution in [3.8, 4) is 6.07 Å². The highest BCUT2D eigenvalue weighted by Crippen LogP contribution is 2.34. The number of benzene rings is 1. The summed E-state index contributed by atoms with van der Waals surface area (Å²) >= 11 is 0. The molecule has 1 aromatic carbocycles. The minimum Gasteiger partial charge on any atom is -0.365 e. The maximum absolute atomic E-state index is 11.6. The Kier molecular flexibility index (Phi) is 4.68. The quantitative estimate of drug-likeness (QED) is 0.434. The molecule has 5 N–H and O–H groups in total. The summed E-state index contributed by atoms with van der Waals surface area (Å²) in [5.41, 5.74) is 5.50. The normalized spacial score (nSPS) is 17.0. The van der Waals surface area contributed by atoms with Crippen molar-refractivity contribution in [2.75, 3.05) is 32.2 Å². The molecule has 23 heavy (non-hydrogen) atoms. The van der Waals surface area contributed by atoms with Crippen molar-refractivity contribution in [2.24, 2.45) is 5.73 Å². The Morgan fingerprint density at radius 2 is 2.26 bits per heavy atom. The van der Waals surface area contributed by atoms with Gasteiger partial charge in [0.15, 0.2) is 0 Å². The van der Waals surface area contributed by atoms with Crippen LogP contribution >= 0.6 is 0 Å². The van der Waals surface area contributed by atoms with Crippen molar-refractivity contribution in [3.05, 3.63) is 23.8 Å². The SMILES string of the molecule is CN(C)CCNC1=[N+](O)c2c(C(N)=O)cccc2N(O)C1C#N. The molecule has 1 aliphatic heterocycles. The third kappa shape index (κ3) is 3.03. The van der Waals surface area contributed by atoms with E-state index in [1.165, 1.54) is 18.2 Å². The van der Waals surface area contributed by atoms with Crippen molar-refractivity contribution in [1.82, 2.24) is 10.2 Å². The molecule has 122 valence electrons. The minimum atomic E-state index is -1.14. The predicted molar refractivity (Wildman–Crippen MR) is 81.9 cm³/mol. The van der Waals surface area contributed by atoms with Crippen LogP contribution in [0.3, 0.4) is 0 Å². The van der Waals surface area contributed by atoms with Gasteiger partial charge in [0.25, 0.3) is 5.91 Å². The van der Waals surface area contributed by atoms with E-state index in [2.05, 4.69) is 5.32 Å². The number of anilines is 1. The van der Waals surface area contributed by atoms with Crippen LogP contribution in [0.4, 0.5) is 11.4 Å². The zero-order chi connectivity index (χ0) is 17.1. The van der Waals surface area contributed by atoms with Crippen molar-refractivity contribution in [2.45, 2.75) is 6.04 Å². The minimum absolute atomic E-state index is 0.0290. The maximum atomic E-state index is 11.6. The second-order valence-electron chi connectivity index (χ2n) is 5.34. The number of hydroxylamine groups is 1. The lowest BCUT2D eigenvalue weighted by Crippen LogP contribution is -2.52. The predicted octanol–water partition coefficient (Wildman–Crippen LogP) is -0.530. The molecule has 1 aliphatic rings. The molecule has 0 aliphatic carbocycles. The first-order valence-electron chi connectivity index (χ1n) is 6.93. The summed E-state index contributed by atoms with van der Waals surface area (Å²) in [5, 5.41) is 33.7. The number of hydrogen-bond donors (Lipinski definition) is 4. The van der Waals surface area contributed by atoms with Gasteiger partial charge >= 0.3 is 5.84 Å². The lowest BCUT2D eigenvalue weighted by molar-refractivity contribution is -0.715. The molecular formula is C14H19N6O3+. The fourth-order valence-electron chi connectivity index (χ4n) is 2.32.